The molecule has 1 heterocycles. The summed E-state index contributed by atoms with van der Waals surface area (Å²) in [5.74, 6) is -0.0140. The lowest BCUT2D eigenvalue weighted by molar-refractivity contribution is -0.0632. The van der Waals surface area contributed by atoms with Gasteiger partial charge in [-0.2, -0.15) is 0 Å². The van der Waals surface area contributed by atoms with Gasteiger partial charge in [-0.15, -0.1) is 5.10 Å². The molecule has 0 saturated carbocycles. The number of hydrogen-bond donors (Lipinski definition) is 0. The minimum absolute atomic E-state index is 0.0140. The van der Waals surface area contributed by atoms with E-state index in [9.17, 15) is 0 Å². The van der Waals surface area contributed by atoms with Crippen molar-refractivity contribution in [1.82, 2.24) is 15.0 Å². The fourth-order valence-electron chi connectivity index (χ4n) is 1.99. The molecule has 104 valence electrons. The van der Waals surface area contributed by atoms with Crippen molar-refractivity contribution < 1.29 is 4.74 Å². The molecule has 0 bridgehead atoms. The summed E-state index contributed by atoms with van der Waals surface area (Å²) >= 11 is 0. The first-order chi connectivity index (χ1) is 8.68. The molecular weight excluding hydrogens is 254 g/mol. The van der Waals surface area contributed by atoms with E-state index in [1.165, 1.54) is 0 Å². The number of hydrogen-bond acceptors (Lipinski definition) is 3. The van der Waals surface area contributed by atoms with E-state index in [2.05, 4.69) is 56.8 Å². The van der Waals surface area contributed by atoms with Gasteiger partial charge in [0.05, 0.1) is 11.1 Å². The Bertz CT molecular complexity index is 566. The summed E-state index contributed by atoms with van der Waals surface area (Å²) in [5.41, 5.74) is 1.76. The first kappa shape index (κ1) is 14.2. The van der Waals surface area contributed by atoms with Gasteiger partial charge in [-0.3, -0.25) is 0 Å². The smallest absolute Gasteiger partial charge is 0.137 e. The molecule has 5 heteroatoms. The van der Waals surface area contributed by atoms with Gasteiger partial charge in [-0.25, -0.2) is 4.68 Å². The van der Waals surface area contributed by atoms with Crippen LogP contribution < -0.4 is 0 Å². The quantitative estimate of drug-likeness (QED) is 0.804. The van der Waals surface area contributed by atoms with Gasteiger partial charge in [0, 0.05) is 0 Å². The van der Waals surface area contributed by atoms with Crippen molar-refractivity contribution in [3.8, 4) is 0 Å². The number of aromatic nitrogens is 3. The van der Waals surface area contributed by atoms with Crippen molar-refractivity contribution in [2.75, 3.05) is 0 Å². The Kier molecular flexibility index (Phi) is 3.53. The van der Waals surface area contributed by atoms with Crippen molar-refractivity contribution in [1.29, 1.82) is 0 Å². The van der Waals surface area contributed by atoms with Crippen LogP contribution in [-0.2, 0) is 4.74 Å². The molecule has 0 aliphatic carbocycles. The second kappa shape index (κ2) is 4.72. The highest BCUT2D eigenvalue weighted by molar-refractivity contribution is 6.76. The molecule has 2 rings (SSSR count). The zero-order valence-electron chi connectivity index (χ0n) is 12.6. The maximum Gasteiger partial charge on any atom is 0.137 e. The minimum Gasteiger partial charge on any atom is -0.354 e. The zero-order chi connectivity index (χ0) is 14.3. The Labute approximate surface area is 115 Å². The fraction of sp³-hybridized carbons (Fsp3) is 0.571. The number of nitrogens with zero attached hydrogens (tertiary/aromatic N) is 3. The molecule has 0 aliphatic heterocycles. The molecule has 1 unspecified atom stereocenters. The maximum absolute atomic E-state index is 6.28. The summed E-state index contributed by atoms with van der Waals surface area (Å²) in [7, 11) is -1.58. The molecule has 0 fully saturated rings. The van der Waals surface area contributed by atoms with Gasteiger partial charge in [-0.05, 0) is 32.9 Å². The average molecular weight is 277 g/mol. The van der Waals surface area contributed by atoms with Gasteiger partial charge >= 0.3 is 0 Å². The number of para-hydroxylation sites is 1. The molecule has 0 radical (unpaired) electrons. The van der Waals surface area contributed by atoms with E-state index < -0.39 is 8.07 Å². The molecule has 0 spiro atoms. The van der Waals surface area contributed by atoms with Crippen LogP contribution in [0.1, 0.15) is 26.6 Å². The van der Waals surface area contributed by atoms with Crippen LogP contribution in [0.4, 0.5) is 0 Å². The third-order valence-electron chi connectivity index (χ3n) is 2.81. The largest absolute Gasteiger partial charge is 0.354 e. The number of ether oxygens (including phenoxy) is 1. The van der Waals surface area contributed by atoms with E-state index in [1.807, 2.05) is 22.9 Å². The van der Waals surface area contributed by atoms with E-state index >= 15 is 0 Å². The van der Waals surface area contributed by atoms with Crippen LogP contribution in [0.25, 0.3) is 11.0 Å². The average Bonchev–Trinajstić information content (AvgIpc) is 2.66. The van der Waals surface area contributed by atoms with Gasteiger partial charge in [0.2, 0.25) is 0 Å². The van der Waals surface area contributed by atoms with Crippen LogP contribution in [0, 0.1) is 0 Å². The van der Waals surface area contributed by atoms with Gasteiger partial charge in [0.1, 0.15) is 19.4 Å². The molecule has 19 heavy (non-hydrogen) atoms. The number of rotatable bonds is 3. The van der Waals surface area contributed by atoms with Crippen LogP contribution in [0.2, 0.25) is 19.6 Å². The SMILES string of the molecule is CC(C)(C)OC(n1nnc2ccccc21)[Si](C)(C)C. The predicted octanol–water partition coefficient (Wildman–Crippen LogP) is 3.62. The first-order valence-electron chi connectivity index (χ1n) is 6.66. The van der Waals surface area contributed by atoms with Gasteiger partial charge in [0.15, 0.2) is 0 Å². The highest BCUT2D eigenvalue weighted by atomic mass is 28.3. The maximum atomic E-state index is 6.28. The van der Waals surface area contributed by atoms with Gasteiger partial charge in [-0.1, -0.05) is 37.0 Å². The highest BCUT2D eigenvalue weighted by Gasteiger charge is 2.34. The highest BCUT2D eigenvalue weighted by Crippen LogP contribution is 2.29. The molecule has 0 saturated heterocycles. The van der Waals surface area contributed by atoms with E-state index in [0.717, 1.165) is 11.0 Å². The fourth-order valence-corrected chi connectivity index (χ4v) is 3.62. The van der Waals surface area contributed by atoms with Crippen LogP contribution in [0.3, 0.4) is 0 Å². The van der Waals surface area contributed by atoms with Crippen molar-refractivity contribution in [2.45, 2.75) is 51.9 Å². The molecule has 1 atom stereocenters. The monoisotopic (exact) mass is 277 g/mol. The summed E-state index contributed by atoms with van der Waals surface area (Å²) < 4.78 is 8.23. The molecule has 0 N–H and O–H groups in total. The summed E-state index contributed by atoms with van der Waals surface area (Å²) in [6, 6.07) is 8.03. The summed E-state index contributed by atoms with van der Waals surface area (Å²) in [5, 5.41) is 8.56. The Morgan fingerprint density at radius 1 is 1.16 bits per heavy atom. The lowest BCUT2D eigenvalue weighted by Crippen LogP contribution is -2.42. The van der Waals surface area contributed by atoms with Crippen LogP contribution >= 0.6 is 0 Å². The standard InChI is InChI=1S/C14H23N3OSi/c1-14(2,3)18-13(19(4,5)6)17-12-10-8-7-9-11(12)15-16-17/h7-10,13H,1-6H3. The second-order valence-electron chi connectivity index (χ2n) is 6.97. The Hall–Kier alpha value is -1.20. The van der Waals surface area contributed by atoms with Crippen molar-refractivity contribution in [2.24, 2.45) is 0 Å². The zero-order valence-corrected chi connectivity index (χ0v) is 13.6. The lowest BCUT2D eigenvalue weighted by Gasteiger charge is -2.35. The summed E-state index contributed by atoms with van der Waals surface area (Å²) in [4.78, 5) is 0. The Morgan fingerprint density at radius 3 is 2.37 bits per heavy atom. The Balaban J connectivity index is 2.49. The predicted molar refractivity (Wildman–Crippen MR) is 80.7 cm³/mol. The molecule has 1 aromatic carbocycles. The summed E-state index contributed by atoms with van der Waals surface area (Å²) in [6.07, 6.45) is 0. The van der Waals surface area contributed by atoms with Crippen molar-refractivity contribution >= 4 is 19.1 Å². The topological polar surface area (TPSA) is 39.9 Å². The third kappa shape index (κ3) is 3.22. The van der Waals surface area contributed by atoms with Crippen LogP contribution in [-0.4, -0.2) is 28.7 Å². The Morgan fingerprint density at radius 2 is 1.79 bits per heavy atom. The molecular formula is C14H23N3OSi. The van der Waals surface area contributed by atoms with E-state index in [4.69, 9.17) is 4.74 Å². The minimum atomic E-state index is -1.58. The van der Waals surface area contributed by atoms with E-state index in [0.29, 0.717) is 0 Å². The number of benzene rings is 1. The summed E-state index contributed by atoms with van der Waals surface area (Å²) in [6.45, 7) is 13.1. The van der Waals surface area contributed by atoms with Crippen molar-refractivity contribution in [3.05, 3.63) is 24.3 Å². The van der Waals surface area contributed by atoms with E-state index in [1.54, 1.807) is 0 Å². The second-order valence-corrected chi connectivity index (χ2v) is 12.2. The lowest BCUT2D eigenvalue weighted by atomic mass is 10.2. The molecule has 0 aliphatic rings. The molecule has 1 aromatic heterocycles. The van der Waals surface area contributed by atoms with Gasteiger partial charge in [0.25, 0.3) is 0 Å². The van der Waals surface area contributed by atoms with Crippen LogP contribution in [0.5, 0.6) is 0 Å². The molecule has 0 amide bonds. The first-order valence-corrected chi connectivity index (χ1v) is 10.2. The third-order valence-corrected chi connectivity index (χ3v) is 4.65. The molecule has 4 nitrogen and oxygen atoms in total. The van der Waals surface area contributed by atoms with E-state index in [-0.39, 0.29) is 11.5 Å². The van der Waals surface area contributed by atoms with Gasteiger partial charge < -0.3 is 4.74 Å². The molecule has 2 aromatic rings. The number of fused-ring (bicyclic) bond motifs is 1. The van der Waals surface area contributed by atoms with Crippen LogP contribution in [0.15, 0.2) is 24.3 Å². The van der Waals surface area contributed by atoms with Crippen molar-refractivity contribution in [3.63, 3.8) is 0 Å². The normalized spacial score (nSPS) is 14.8.